The molecule has 0 radical (unpaired) electrons. The highest BCUT2D eigenvalue weighted by atomic mass is 16.5. The zero-order valence-corrected chi connectivity index (χ0v) is 14.2. The first kappa shape index (κ1) is 18.3. The first-order valence-corrected chi connectivity index (χ1v) is 7.68. The van der Waals surface area contributed by atoms with Gasteiger partial charge in [-0.05, 0) is 19.9 Å². The molecule has 2 rings (SSSR count). The molecule has 132 valence electrons. The quantitative estimate of drug-likeness (QED) is 0.562. The Labute approximate surface area is 144 Å². The van der Waals surface area contributed by atoms with Crippen molar-refractivity contribution < 1.29 is 33.0 Å². The number of furan rings is 1. The van der Waals surface area contributed by atoms with Crippen molar-refractivity contribution in [3.05, 3.63) is 41.3 Å². The second kappa shape index (κ2) is 8.14. The van der Waals surface area contributed by atoms with Crippen molar-refractivity contribution in [2.75, 3.05) is 20.3 Å². The number of esters is 2. The molecule has 0 saturated carbocycles. The molecule has 1 aromatic carbocycles. The highest BCUT2D eigenvalue weighted by Gasteiger charge is 2.33. The molecule has 0 aliphatic heterocycles. The van der Waals surface area contributed by atoms with Gasteiger partial charge < -0.3 is 18.6 Å². The maximum atomic E-state index is 12.5. The first-order valence-electron chi connectivity index (χ1n) is 7.68. The smallest absolute Gasteiger partial charge is 0.375 e. The molecule has 2 aromatic rings. The predicted molar refractivity (Wildman–Crippen MR) is 88.0 cm³/mol. The molecule has 0 fully saturated rings. The molecule has 7 heteroatoms. The van der Waals surface area contributed by atoms with Gasteiger partial charge in [0, 0.05) is 5.56 Å². The molecule has 25 heavy (non-hydrogen) atoms. The zero-order valence-electron chi connectivity index (χ0n) is 14.2. The molecule has 0 saturated heterocycles. The average molecular weight is 346 g/mol. The van der Waals surface area contributed by atoms with Crippen LogP contribution in [0.25, 0.3) is 11.1 Å². The van der Waals surface area contributed by atoms with Crippen molar-refractivity contribution in [1.29, 1.82) is 0 Å². The second-order valence-electron chi connectivity index (χ2n) is 4.80. The van der Waals surface area contributed by atoms with Gasteiger partial charge in [-0.2, -0.15) is 0 Å². The lowest BCUT2D eigenvalue weighted by molar-refractivity contribution is 0.0451. The minimum absolute atomic E-state index is 0.0855. The van der Waals surface area contributed by atoms with Crippen molar-refractivity contribution in [1.82, 2.24) is 0 Å². The Morgan fingerprint density at radius 1 is 1.08 bits per heavy atom. The number of carbonyl (C=O) groups is 3. The van der Waals surface area contributed by atoms with E-state index in [1.807, 2.05) is 0 Å². The highest BCUT2D eigenvalue weighted by Crippen LogP contribution is 2.38. The summed E-state index contributed by atoms with van der Waals surface area (Å²) in [5, 5.41) is 0. The van der Waals surface area contributed by atoms with E-state index in [4.69, 9.17) is 18.6 Å². The van der Waals surface area contributed by atoms with Crippen LogP contribution in [0.4, 0.5) is 0 Å². The van der Waals surface area contributed by atoms with Crippen LogP contribution in [-0.2, 0) is 9.47 Å². The summed E-state index contributed by atoms with van der Waals surface area (Å²) in [5.41, 5.74) is 0.398. The Morgan fingerprint density at radius 3 is 2.32 bits per heavy atom. The molecule has 0 atom stereocenters. The van der Waals surface area contributed by atoms with Crippen LogP contribution in [-0.4, -0.2) is 38.5 Å². The van der Waals surface area contributed by atoms with Crippen LogP contribution in [0, 0.1) is 0 Å². The topological polar surface area (TPSA) is 92.0 Å². The molecule has 0 amide bonds. The maximum Gasteiger partial charge on any atom is 0.375 e. The van der Waals surface area contributed by atoms with Gasteiger partial charge in [-0.3, -0.25) is 4.79 Å². The minimum atomic E-state index is -0.852. The Kier molecular flexibility index (Phi) is 5.94. The van der Waals surface area contributed by atoms with Gasteiger partial charge in [0.15, 0.2) is 12.0 Å². The fourth-order valence-electron chi connectivity index (χ4n) is 2.39. The number of benzene rings is 1. The van der Waals surface area contributed by atoms with E-state index in [0.717, 1.165) is 0 Å². The summed E-state index contributed by atoms with van der Waals surface area (Å²) in [7, 11) is 1.45. The maximum absolute atomic E-state index is 12.5. The van der Waals surface area contributed by atoms with Gasteiger partial charge in [0.1, 0.15) is 11.3 Å². The Morgan fingerprint density at radius 2 is 1.72 bits per heavy atom. The second-order valence-corrected chi connectivity index (χ2v) is 4.80. The number of hydrogen-bond acceptors (Lipinski definition) is 7. The van der Waals surface area contributed by atoms with E-state index in [-0.39, 0.29) is 35.9 Å². The predicted octanol–water partition coefficient (Wildman–Crippen LogP) is 3.12. The lowest BCUT2D eigenvalue weighted by atomic mass is 9.99. The molecule has 0 bridgehead atoms. The number of carbonyl (C=O) groups excluding carboxylic acids is 3. The third kappa shape index (κ3) is 3.55. The number of para-hydroxylation sites is 1. The van der Waals surface area contributed by atoms with Crippen LogP contribution in [0.5, 0.6) is 5.75 Å². The summed E-state index contributed by atoms with van der Waals surface area (Å²) in [6, 6.07) is 6.75. The van der Waals surface area contributed by atoms with Crippen molar-refractivity contribution in [3.8, 4) is 16.9 Å². The van der Waals surface area contributed by atoms with Crippen molar-refractivity contribution in [3.63, 3.8) is 0 Å². The van der Waals surface area contributed by atoms with E-state index < -0.39 is 11.9 Å². The van der Waals surface area contributed by atoms with Crippen molar-refractivity contribution in [2.24, 2.45) is 0 Å². The van der Waals surface area contributed by atoms with Crippen LogP contribution < -0.4 is 4.74 Å². The molecule has 0 unspecified atom stereocenters. The Balaban J connectivity index is 2.78. The van der Waals surface area contributed by atoms with Crippen LogP contribution in [0.3, 0.4) is 0 Å². The number of rotatable bonds is 7. The Bertz CT molecular complexity index is 789. The monoisotopic (exact) mass is 346 g/mol. The van der Waals surface area contributed by atoms with Crippen LogP contribution >= 0.6 is 0 Å². The van der Waals surface area contributed by atoms with Gasteiger partial charge in [0.2, 0.25) is 5.76 Å². The lowest BCUT2D eigenvalue weighted by Gasteiger charge is -2.09. The fourth-order valence-corrected chi connectivity index (χ4v) is 2.39. The van der Waals surface area contributed by atoms with Gasteiger partial charge >= 0.3 is 11.9 Å². The van der Waals surface area contributed by atoms with Crippen LogP contribution in [0.2, 0.25) is 0 Å². The summed E-state index contributed by atoms with van der Waals surface area (Å²) in [4.78, 5) is 36.1. The van der Waals surface area contributed by atoms with Crippen LogP contribution in [0.15, 0.2) is 28.7 Å². The summed E-state index contributed by atoms with van der Waals surface area (Å²) in [5.74, 6) is -1.79. The molecule has 0 aliphatic rings. The van der Waals surface area contributed by atoms with E-state index in [1.165, 1.54) is 7.11 Å². The SMILES string of the molecule is CCOC(=O)c1oc(C=O)c(-c2ccccc2OC)c1C(=O)OCC. The van der Waals surface area contributed by atoms with E-state index in [0.29, 0.717) is 17.6 Å². The summed E-state index contributed by atoms with van der Waals surface area (Å²) in [6.45, 7) is 3.42. The largest absolute Gasteiger partial charge is 0.496 e. The highest BCUT2D eigenvalue weighted by molar-refractivity contribution is 6.10. The molecule has 0 spiro atoms. The first-order chi connectivity index (χ1) is 12.1. The summed E-state index contributed by atoms with van der Waals surface area (Å²) in [6.07, 6.45) is 0.424. The third-order valence-corrected chi connectivity index (χ3v) is 3.36. The zero-order chi connectivity index (χ0) is 18.4. The van der Waals surface area contributed by atoms with Gasteiger partial charge in [0.05, 0.1) is 25.9 Å². The lowest BCUT2D eigenvalue weighted by Crippen LogP contribution is -2.13. The molecule has 7 nitrogen and oxygen atoms in total. The Hall–Kier alpha value is -3.09. The molecular formula is C18H18O7. The average Bonchev–Trinajstić information content (AvgIpc) is 3.01. The molecule has 1 aromatic heterocycles. The van der Waals surface area contributed by atoms with Gasteiger partial charge in [-0.15, -0.1) is 0 Å². The minimum Gasteiger partial charge on any atom is -0.496 e. The van der Waals surface area contributed by atoms with E-state index in [1.54, 1.807) is 38.1 Å². The van der Waals surface area contributed by atoms with Crippen LogP contribution in [0.1, 0.15) is 45.3 Å². The molecular weight excluding hydrogens is 328 g/mol. The number of aldehydes is 1. The van der Waals surface area contributed by atoms with Crippen molar-refractivity contribution in [2.45, 2.75) is 13.8 Å². The van der Waals surface area contributed by atoms with E-state index >= 15 is 0 Å². The number of methoxy groups -OCH3 is 1. The molecule has 0 aliphatic carbocycles. The van der Waals surface area contributed by atoms with Gasteiger partial charge in [-0.1, -0.05) is 18.2 Å². The number of ether oxygens (including phenoxy) is 3. The molecule has 1 heterocycles. The number of hydrogen-bond donors (Lipinski definition) is 0. The third-order valence-electron chi connectivity index (χ3n) is 3.36. The van der Waals surface area contributed by atoms with Crippen molar-refractivity contribution >= 4 is 18.2 Å². The van der Waals surface area contributed by atoms with Gasteiger partial charge in [-0.25, -0.2) is 9.59 Å². The van der Waals surface area contributed by atoms with Gasteiger partial charge in [0.25, 0.3) is 0 Å². The molecule has 0 N–H and O–H groups in total. The summed E-state index contributed by atoms with van der Waals surface area (Å²) >= 11 is 0. The van der Waals surface area contributed by atoms with E-state index in [9.17, 15) is 14.4 Å². The normalized spacial score (nSPS) is 10.2. The standard InChI is InChI=1S/C18H18O7/c1-4-23-17(20)15-14(11-8-6-7-9-12(11)22-3)13(10-19)25-16(15)18(21)24-5-2/h6-10H,4-5H2,1-3H3. The fraction of sp³-hybridized carbons (Fsp3) is 0.278. The van der Waals surface area contributed by atoms with E-state index in [2.05, 4.69) is 0 Å². The summed E-state index contributed by atoms with van der Waals surface area (Å²) < 4.78 is 20.6.